The molecule has 4 rings (SSSR count). The molecule has 0 bridgehead atoms. The predicted molar refractivity (Wildman–Crippen MR) is 123 cm³/mol. The summed E-state index contributed by atoms with van der Waals surface area (Å²) in [5.74, 6) is -0.756. The summed E-state index contributed by atoms with van der Waals surface area (Å²) in [6.07, 6.45) is 0. The highest BCUT2D eigenvalue weighted by molar-refractivity contribution is 7.13. The van der Waals surface area contributed by atoms with Gasteiger partial charge in [-0.2, -0.15) is 0 Å². The topological polar surface area (TPSA) is 104 Å². The smallest absolute Gasteiger partial charge is 0.273 e. The Labute approximate surface area is 183 Å². The fourth-order valence-corrected chi connectivity index (χ4v) is 3.95. The summed E-state index contributed by atoms with van der Waals surface area (Å²) >= 11 is 1.20. The average Bonchev–Trinajstić information content (AvgIpc) is 3.24. The molecular weight excluding hydrogens is 408 g/mol. The standard InChI is InChI=1S/C24H20N4O2S/c25-22(29)21(20-16-31-23(26)27-20)28-30-24(17-10-4-1-5-11-17,18-12-6-2-7-13-18)19-14-8-3-9-15-19/h1-16H,(H2,25,29)(H2,26,27)/b28-21-. The molecule has 0 spiro atoms. The van der Waals surface area contributed by atoms with Crippen molar-refractivity contribution >= 4 is 28.1 Å². The molecule has 0 saturated carbocycles. The van der Waals surface area contributed by atoms with Crippen molar-refractivity contribution < 1.29 is 9.63 Å². The van der Waals surface area contributed by atoms with E-state index in [0.29, 0.717) is 5.13 Å². The second kappa shape index (κ2) is 8.81. The van der Waals surface area contributed by atoms with Crippen LogP contribution in [0.15, 0.2) is 102 Å². The predicted octanol–water partition coefficient (Wildman–Crippen LogP) is 3.92. The third kappa shape index (κ3) is 4.04. The maximum atomic E-state index is 12.2. The van der Waals surface area contributed by atoms with Gasteiger partial charge >= 0.3 is 0 Å². The Morgan fingerprint density at radius 3 is 1.65 bits per heavy atom. The summed E-state index contributed by atoms with van der Waals surface area (Å²) in [5, 5.41) is 6.17. The van der Waals surface area contributed by atoms with Crippen LogP contribution < -0.4 is 11.5 Å². The van der Waals surface area contributed by atoms with Crippen LogP contribution in [0.2, 0.25) is 0 Å². The fraction of sp³-hybridized carbons (Fsp3) is 0.0417. The second-order valence-corrected chi connectivity index (χ2v) is 7.64. The maximum Gasteiger partial charge on any atom is 0.273 e. The van der Waals surface area contributed by atoms with E-state index in [1.54, 1.807) is 5.38 Å². The first-order valence-electron chi connectivity index (χ1n) is 9.55. The third-order valence-electron chi connectivity index (χ3n) is 4.81. The molecule has 0 aliphatic heterocycles. The number of nitrogen functional groups attached to an aromatic ring is 1. The molecule has 0 unspecified atom stereocenters. The molecule has 31 heavy (non-hydrogen) atoms. The van der Waals surface area contributed by atoms with Crippen LogP contribution in [0.25, 0.3) is 0 Å². The Kier molecular flexibility index (Phi) is 5.77. The van der Waals surface area contributed by atoms with Crippen molar-refractivity contribution in [2.75, 3.05) is 5.73 Å². The lowest BCUT2D eigenvalue weighted by atomic mass is 9.80. The number of aromatic nitrogens is 1. The number of amides is 1. The van der Waals surface area contributed by atoms with Gasteiger partial charge in [-0.15, -0.1) is 11.3 Å². The van der Waals surface area contributed by atoms with Gasteiger partial charge in [-0.3, -0.25) is 4.79 Å². The highest BCUT2D eigenvalue weighted by atomic mass is 32.1. The molecule has 154 valence electrons. The van der Waals surface area contributed by atoms with Crippen LogP contribution in [0.5, 0.6) is 0 Å². The number of carbonyl (C=O) groups excluding carboxylic acids is 1. The van der Waals surface area contributed by atoms with E-state index in [4.69, 9.17) is 16.3 Å². The quantitative estimate of drug-likeness (QED) is 0.264. The van der Waals surface area contributed by atoms with Gasteiger partial charge in [0.2, 0.25) is 5.60 Å². The van der Waals surface area contributed by atoms with Crippen molar-refractivity contribution in [2.45, 2.75) is 5.60 Å². The van der Waals surface area contributed by atoms with Gasteiger partial charge < -0.3 is 16.3 Å². The van der Waals surface area contributed by atoms with Crippen LogP contribution in [0, 0.1) is 0 Å². The van der Waals surface area contributed by atoms with E-state index in [0.717, 1.165) is 16.7 Å². The molecule has 7 heteroatoms. The Bertz CT molecular complexity index is 1100. The number of anilines is 1. The average molecular weight is 429 g/mol. The molecule has 0 atom stereocenters. The molecule has 1 aromatic heterocycles. The highest BCUT2D eigenvalue weighted by Crippen LogP contribution is 2.40. The van der Waals surface area contributed by atoms with Gasteiger partial charge in [0, 0.05) is 22.1 Å². The summed E-state index contributed by atoms with van der Waals surface area (Å²) in [7, 11) is 0. The van der Waals surface area contributed by atoms with Gasteiger partial charge in [0.15, 0.2) is 10.8 Å². The largest absolute Gasteiger partial charge is 0.375 e. The maximum absolute atomic E-state index is 12.2. The molecule has 1 amide bonds. The number of nitrogens with zero attached hydrogens (tertiary/aromatic N) is 2. The summed E-state index contributed by atoms with van der Waals surface area (Å²) in [6.45, 7) is 0. The van der Waals surface area contributed by atoms with Crippen molar-refractivity contribution in [3.8, 4) is 0 Å². The molecule has 0 aliphatic rings. The number of rotatable bonds is 7. The third-order valence-corrected chi connectivity index (χ3v) is 5.49. The van der Waals surface area contributed by atoms with E-state index in [2.05, 4.69) is 10.1 Å². The molecule has 3 aromatic carbocycles. The minimum atomic E-state index is -1.12. The SMILES string of the molecule is NC(=O)/C(=N\OC(c1ccccc1)(c1ccccc1)c1ccccc1)c1csc(N)n1. The summed E-state index contributed by atoms with van der Waals surface area (Å²) < 4.78 is 0. The first-order chi connectivity index (χ1) is 15.1. The zero-order chi connectivity index (χ0) is 21.7. The molecule has 1 heterocycles. The molecule has 4 N–H and O–H groups in total. The van der Waals surface area contributed by atoms with Gasteiger partial charge in [0.1, 0.15) is 5.69 Å². The highest BCUT2D eigenvalue weighted by Gasteiger charge is 2.40. The van der Waals surface area contributed by atoms with Gasteiger partial charge in [-0.1, -0.05) is 96.2 Å². The van der Waals surface area contributed by atoms with Crippen molar-refractivity contribution in [2.24, 2.45) is 10.9 Å². The number of nitrogens with two attached hydrogens (primary N) is 2. The number of benzene rings is 3. The van der Waals surface area contributed by atoms with Crippen molar-refractivity contribution in [3.63, 3.8) is 0 Å². The first-order valence-corrected chi connectivity index (χ1v) is 10.4. The van der Waals surface area contributed by atoms with Crippen LogP contribution in [0.1, 0.15) is 22.4 Å². The Morgan fingerprint density at radius 1 is 0.839 bits per heavy atom. The van der Waals surface area contributed by atoms with Gasteiger partial charge in [-0.25, -0.2) is 4.98 Å². The van der Waals surface area contributed by atoms with Crippen LogP contribution in [0.4, 0.5) is 5.13 Å². The normalized spacial score (nSPS) is 11.8. The lowest BCUT2D eigenvalue weighted by molar-refractivity contribution is -0.112. The van der Waals surface area contributed by atoms with Crippen LogP contribution >= 0.6 is 11.3 Å². The van der Waals surface area contributed by atoms with Crippen molar-refractivity contribution in [1.82, 2.24) is 4.98 Å². The van der Waals surface area contributed by atoms with E-state index in [1.807, 2.05) is 91.0 Å². The molecular formula is C24H20N4O2S. The van der Waals surface area contributed by atoms with Gasteiger partial charge in [-0.05, 0) is 0 Å². The zero-order valence-corrected chi connectivity index (χ0v) is 17.3. The van der Waals surface area contributed by atoms with Crippen LogP contribution in [-0.2, 0) is 15.2 Å². The van der Waals surface area contributed by atoms with E-state index in [-0.39, 0.29) is 11.4 Å². The van der Waals surface area contributed by atoms with Crippen LogP contribution in [-0.4, -0.2) is 16.6 Å². The van der Waals surface area contributed by atoms with Gasteiger partial charge in [0.05, 0.1) is 0 Å². The lowest BCUT2D eigenvalue weighted by Crippen LogP contribution is -2.33. The molecule has 0 aliphatic carbocycles. The number of primary amides is 1. The van der Waals surface area contributed by atoms with Crippen molar-refractivity contribution in [3.05, 3.63) is 119 Å². The number of hydrogen-bond donors (Lipinski definition) is 2. The molecule has 6 nitrogen and oxygen atoms in total. The van der Waals surface area contributed by atoms with Crippen molar-refractivity contribution in [1.29, 1.82) is 0 Å². The summed E-state index contributed by atoms with van der Waals surface area (Å²) in [4.78, 5) is 22.6. The second-order valence-electron chi connectivity index (χ2n) is 6.75. The zero-order valence-electron chi connectivity index (χ0n) is 16.5. The lowest BCUT2D eigenvalue weighted by Gasteiger charge is -2.33. The number of carbonyl (C=O) groups is 1. The Balaban J connectivity index is 1.95. The summed E-state index contributed by atoms with van der Waals surface area (Å²) in [6, 6.07) is 29.1. The minimum Gasteiger partial charge on any atom is -0.375 e. The number of hydrogen-bond acceptors (Lipinski definition) is 6. The molecule has 0 fully saturated rings. The van der Waals surface area contributed by atoms with Crippen LogP contribution in [0.3, 0.4) is 0 Å². The van der Waals surface area contributed by atoms with Gasteiger partial charge in [0.25, 0.3) is 5.91 Å². The Hall–Kier alpha value is -3.97. The summed E-state index contributed by atoms with van der Waals surface area (Å²) in [5.41, 5.74) is 12.9. The number of thiazole rings is 1. The fourth-order valence-electron chi connectivity index (χ4n) is 3.41. The molecule has 0 radical (unpaired) electrons. The molecule has 0 saturated heterocycles. The first kappa shape index (κ1) is 20.3. The van der Waals surface area contributed by atoms with E-state index in [9.17, 15) is 4.79 Å². The van der Waals surface area contributed by atoms with E-state index < -0.39 is 11.5 Å². The van der Waals surface area contributed by atoms with E-state index in [1.165, 1.54) is 11.3 Å². The number of oxime groups is 1. The monoisotopic (exact) mass is 428 g/mol. The molecule has 4 aromatic rings. The Morgan fingerprint density at radius 2 is 1.29 bits per heavy atom. The van der Waals surface area contributed by atoms with E-state index >= 15 is 0 Å². The minimum absolute atomic E-state index is 0.0971.